The first-order chi connectivity index (χ1) is 17.0. The fourth-order valence-corrected chi connectivity index (χ4v) is 5.47. The second-order valence-corrected chi connectivity index (χ2v) is 9.20. The predicted octanol–water partition coefficient (Wildman–Crippen LogP) is 1.77. The maximum atomic E-state index is 14.5. The molecule has 0 aromatic heterocycles. The van der Waals surface area contributed by atoms with E-state index in [1.165, 1.54) is 6.07 Å². The number of nitrogens with zero attached hydrogens (tertiary/aromatic N) is 1. The van der Waals surface area contributed by atoms with Crippen LogP contribution in [0, 0.1) is 17.7 Å². The number of nitrogens with one attached hydrogen (secondary N) is 4. The van der Waals surface area contributed by atoms with Crippen molar-refractivity contribution in [2.75, 3.05) is 14.2 Å². The SMILES string of the molecule is COc1ccc(OC)c(CNC(=O)C2CCC3C(=O)NC4C(c5ccccc5F)NNN4C3C2)c1. The molecule has 5 rings (SSSR count). The summed E-state index contributed by atoms with van der Waals surface area (Å²) in [5.74, 6) is 0.437. The van der Waals surface area contributed by atoms with E-state index < -0.39 is 12.2 Å². The van der Waals surface area contributed by atoms with Crippen LogP contribution in [0.5, 0.6) is 11.5 Å². The lowest BCUT2D eigenvalue weighted by molar-refractivity contribution is -0.143. The Hall–Kier alpha value is -3.21. The highest BCUT2D eigenvalue weighted by Gasteiger charge is 2.51. The fourth-order valence-electron chi connectivity index (χ4n) is 5.47. The first-order valence-electron chi connectivity index (χ1n) is 11.8. The van der Waals surface area contributed by atoms with Crippen LogP contribution in [-0.4, -0.2) is 43.3 Å². The minimum atomic E-state index is -0.455. The highest BCUT2D eigenvalue weighted by atomic mass is 19.1. The van der Waals surface area contributed by atoms with Crippen LogP contribution in [0.1, 0.15) is 36.4 Å². The summed E-state index contributed by atoms with van der Waals surface area (Å²) in [6.45, 7) is 0.311. The molecule has 2 amide bonds. The summed E-state index contributed by atoms with van der Waals surface area (Å²) in [7, 11) is 3.18. The molecule has 186 valence electrons. The van der Waals surface area contributed by atoms with Crippen molar-refractivity contribution in [2.45, 2.75) is 44.1 Å². The van der Waals surface area contributed by atoms with Crippen LogP contribution in [-0.2, 0) is 16.1 Å². The molecule has 2 saturated heterocycles. The molecule has 2 aliphatic heterocycles. The van der Waals surface area contributed by atoms with Crippen molar-refractivity contribution in [2.24, 2.45) is 11.8 Å². The summed E-state index contributed by atoms with van der Waals surface area (Å²) in [6.07, 6.45) is 1.29. The minimum Gasteiger partial charge on any atom is -0.497 e. The molecule has 9 nitrogen and oxygen atoms in total. The van der Waals surface area contributed by atoms with Crippen molar-refractivity contribution in [3.63, 3.8) is 0 Å². The molecule has 2 aromatic rings. The van der Waals surface area contributed by atoms with E-state index in [1.807, 2.05) is 23.2 Å². The number of carbonyl (C=O) groups is 2. The van der Waals surface area contributed by atoms with E-state index in [-0.39, 0.29) is 35.5 Å². The van der Waals surface area contributed by atoms with E-state index in [0.717, 1.165) is 5.56 Å². The van der Waals surface area contributed by atoms with Gasteiger partial charge in [-0.05, 0) is 43.5 Å². The molecule has 5 unspecified atom stereocenters. The molecular formula is C25H30FN5O4. The Morgan fingerprint density at radius 1 is 1.17 bits per heavy atom. The lowest BCUT2D eigenvalue weighted by Crippen LogP contribution is -2.65. The molecule has 0 spiro atoms. The van der Waals surface area contributed by atoms with Gasteiger partial charge in [-0.3, -0.25) is 9.59 Å². The van der Waals surface area contributed by atoms with Gasteiger partial charge in [0.05, 0.1) is 26.2 Å². The Morgan fingerprint density at radius 3 is 2.77 bits per heavy atom. The molecule has 3 aliphatic rings. The van der Waals surface area contributed by atoms with Crippen LogP contribution in [0.4, 0.5) is 4.39 Å². The van der Waals surface area contributed by atoms with Gasteiger partial charge in [-0.25, -0.2) is 14.8 Å². The summed E-state index contributed by atoms with van der Waals surface area (Å²) in [5.41, 5.74) is 7.56. The fraction of sp³-hybridized carbons (Fsp3) is 0.440. The van der Waals surface area contributed by atoms with Gasteiger partial charge in [-0.2, -0.15) is 5.53 Å². The van der Waals surface area contributed by atoms with Gasteiger partial charge in [0, 0.05) is 29.6 Å². The standard InChI is InChI=1S/C25H30FN5O4/c1-34-16-8-10-21(35-2)15(11-16)13-27-24(32)14-7-9-18-20(12-14)31-23(28-25(18)33)22(29-30-31)17-5-3-4-6-19(17)26/h3-6,8,10-11,14,18,20,22-23,29-30H,7,9,12-13H2,1-2H3,(H,27,32)(H,28,33). The summed E-state index contributed by atoms with van der Waals surface area (Å²) in [4.78, 5) is 26.1. The average molecular weight is 484 g/mol. The summed E-state index contributed by atoms with van der Waals surface area (Å²) in [5, 5.41) is 8.00. The number of ether oxygens (including phenoxy) is 2. The van der Waals surface area contributed by atoms with Crippen molar-refractivity contribution in [3.05, 3.63) is 59.4 Å². The number of amides is 2. The maximum absolute atomic E-state index is 14.5. The van der Waals surface area contributed by atoms with Crippen LogP contribution in [0.15, 0.2) is 42.5 Å². The molecule has 10 heteroatoms. The van der Waals surface area contributed by atoms with Crippen LogP contribution in [0.2, 0.25) is 0 Å². The van der Waals surface area contributed by atoms with E-state index in [9.17, 15) is 14.0 Å². The van der Waals surface area contributed by atoms with E-state index in [0.29, 0.717) is 42.9 Å². The van der Waals surface area contributed by atoms with Gasteiger partial charge in [0.25, 0.3) is 0 Å². The maximum Gasteiger partial charge on any atom is 0.226 e. The molecule has 2 heterocycles. The monoisotopic (exact) mass is 483 g/mol. The Bertz CT molecular complexity index is 1120. The van der Waals surface area contributed by atoms with Gasteiger partial charge >= 0.3 is 0 Å². The van der Waals surface area contributed by atoms with Gasteiger partial charge in [0.1, 0.15) is 23.5 Å². The molecule has 0 bridgehead atoms. The smallest absolute Gasteiger partial charge is 0.226 e. The van der Waals surface area contributed by atoms with Crippen LogP contribution >= 0.6 is 0 Å². The molecule has 1 aliphatic carbocycles. The number of hydrogen-bond acceptors (Lipinski definition) is 7. The second-order valence-electron chi connectivity index (χ2n) is 9.20. The summed E-state index contributed by atoms with van der Waals surface area (Å²) < 4.78 is 25.2. The lowest BCUT2D eigenvalue weighted by Gasteiger charge is -2.46. The zero-order chi connectivity index (χ0) is 24.5. The molecule has 1 saturated carbocycles. The number of fused-ring (bicyclic) bond motifs is 3. The number of benzene rings is 2. The third-order valence-electron chi connectivity index (χ3n) is 7.32. The largest absolute Gasteiger partial charge is 0.497 e. The molecule has 4 N–H and O–H groups in total. The highest BCUT2D eigenvalue weighted by molar-refractivity contribution is 5.83. The van der Waals surface area contributed by atoms with Gasteiger partial charge in [-0.15, -0.1) is 0 Å². The van der Waals surface area contributed by atoms with E-state index in [1.54, 1.807) is 32.4 Å². The Morgan fingerprint density at radius 2 is 2.00 bits per heavy atom. The number of rotatable bonds is 6. The van der Waals surface area contributed by atoms with Crippen molar-refractivity contribution in [3.8, 4) is 11.5 Å². The number of carbonyl (C=O) groups excluding carboxylic acids is 2. The zero-order valence-electron chi connectivity index (χ0n) is 19.7. The number of hydrazine groups is 2. The van der Waals surface area contributed by atoms with Crippen molar-refractivity contribution < 1.29 is 23.5 Å². The van der Waals surface area contributed by atoms with Gasteiger partial charge in [0.2, 0.25) is 11.8 Å². The van der Waals surface area contributed by atoms with Crippen LogP contribution < -0.4 is 31.1 Å². The topological polar surface area (TPSA) is 104 Å². The molecule has 3 fully saturated rings. The van der Waals surface area contributed by atoms with Crippen molar-refractivity contribution in [1.29, 1.82) is 0 Å². The minimum absolute atomic E-state index is 0.0527. The summed E-state index contributed by atoms with van der Waals surface area (Å²) in [6, 6.07) is 11.4. The Balaban J connectivity index is 1.27. The third kappa shape index (κ3) is 4.44. The number of halogens is 1. The quantitative estimate of drug-likeness (QED) is 0.497. The van der Waals surface area contributed by atoms with E-state index in [2.05, 4.69) is 21.6 Å². The molecular weight excluding hydrogens is 453 g/mol. The predicted molar refractivity (Wildman–Crippen MR) is 125 cm³/mol. The van der Waals surface area contributed by atoms with Crippen LogP contribution in [0.3, 0.4) is 0 Å². The van der Waals surface area contributed by atoms with E-state index >= 15 is 0 Å². The Labute approximate surface area is 203 Å². The zero-order valence-corrected chi connectivity index (χ0v) is 19.7. The first-order valence-corrected chi connectivity index (χ1v) is 11.8. The lowest BCUT2D eigenvalue weighted by atomic mass is 9.75. The van der Waals surface area contributed by atoms with Gasteiger partial charge in [0.15, 0.2) is 0 Å². The summed E-state index contributed by atoms with van der Waals surface area (Å²) >= 11 is 0. The van der Waals surface area contributed by atoms with Crippen molar-refractivity contribution in [1.82, 2.24) is 26.6 Å². The van der Waals surface area contributed by atoms with Crippen molar-refractivity contribution >= 4 is 11.8 Å². The molecule has 35 heavy (non-hydrogen) atoms. The second kappa shape index (κ2) is 9.80. The number of methoxy groups -OCH3 is 2. The molecule has 0 radical (unpaired) electrons. The molecule has 5 atom stereocenters. The average Bonchev–Trinajstić information content (AvgIpc) is 3.30. The third-order valence-corrected chi connectivity index (χ3v) is 7.32. The first kappa shape index (κ1) is 23.5. The normalized spacial score (nSPS) is 28.0. The van der Waals surface area contributed by atoms with Gasteiger partial charge < -0.3 is 20.1 Å². The number of hydrogen-bond donors (Lipinski definition) is 4. The molecule has 2 aromatic carbocycles. The van der Waals surface area contributed by atoms with E-state index in [4.69, 9.17) is 9.47 Å². The van der Waals surface area contributed by atoms with Gasteiger partial charge in [-0.1, -0.05) is 18.2 Å². The highest BCUT2D eigenvalue weighted by Crippen LogP contribution is 2.39. The van der Waals surface area contributed by atoms with Crippen LogP contribution in [0.25, 0.3) is 0 Å². The Kier molecular flexibility index (Phi) is 6.59.